The predicted octanol–water partition coefficient (Wildman–Crippen LogP) is 2.60. The minimum Gasteiger partial charge on any atom is -0.314 e. The van der Waals surface area contributed by atoms with Crippen LogP contribution in [0.2, 0.25) is 0 Å². The molecule has 1 N–H and O–H groups in total. The molecule has 0 atom stereocenters. The van der Waals surface area contributed by atoms with Crippen molar-refractivity contribution in [3.8, 4) is 5.69 Å². The van der Waals surface area contributed by atoms with Crippen LogP contribution in [0, 0.1) is 6.92 Å². The van der Waals surface area contributed by atoms with Crippen molar-refractivity contribution >= 4 is 0 Å². The molecule has 0 aliphatic rings. The molecule has 0 radical (unpaired) electrons. The van der Waals surface area contributed by atoms with Crippen LogP contribution in [-0.4, -0.2) is 16.8 Å². The van der Waals surface area contributed by atoms with E-state index in [9.17, 15) is 4.79 Å². The Morgan fingerprint density at radius 3 is 2.57 bits per heavy atom. The monoisotopic (exact) mass is 285 g/mol. The largest absolute Gasteiger partial charge is 0.314 e. The van der Waals surface area contributed by atoms with E-state index in [1.807, 2.05) is 18.7 Å². The molecule has 2 aromatic rings. The summed E-state index contributed by atoms with van der Waals surface area (Å²) in [7, 11) is 1.81. The zero-order valence-corrected chi connectivity index (χ0v) is 13.0. The van der Waals surface area contributed by atoms with Crippen LogP contribution in [0.1, 0.15) is 36.7 Å². The molecule has 0 unspecified atom stereocenters. The first-order chi connectivity index (χ1) is 10.2. The SMILES string of the molecule is CCCCc1ccc(-n2nc(CNC)c(=O)cc2C)cc1. The normalized spacial score (nSPS) is 10.8. The molecule has 0 fully saturated rings. The fraction of sp³-hybridized carbons (Fsp3) is 0.412. The van der Waals surface area contributed by atoms with E-state index in [1.54, 1.807) is 6.07 Å². The van der Waals surface area contributed by atoms with E-state index in [0.29, 0.717) is 12.2 Å². The summed E-state index contributed by atoms with van der Waals surface area (Å²) in [6.07, 6.45) is 3.52. The highest BCUT2D eigenvalue weighted by molar-refractivity contribution is 5.35. The van der Waals surface area contributed by atoms with E-state index >= 15 is 0 Å². The first-order valence-electron chi connectivity index (χ1n) is 7.49. The zero-order chi connectivity index (χ0) is 15.2. The first-order valence-corrected chi connectivity index (χ1v) is 7.49. The van der Waals surface area contributed by atoms with E-state index in [-0.39, 0.29) is 5.43 Å². The van der Waals surface area contributed by atoms with Crippen molar-refractivity contribution in [3.05, 3.63) is 57.5 Å². The van der Waals surface area contributed by atoms with Crippen molar-refractivity contribution in [2.75, 3.05) is 7.05 Å². The summed E-state index contributed by atoms with van der Waals surface area (Å²) in [5.74, 6) is 0. The van der Waals surface area contributed by atoms with Gasteiger partial charge in [-0.3, -0.25) is 4.79 Å². The minimum atomic E-state index is -0.0161. The van der Waals surface area contributed by atoms with Crippen molar-refractivity contribution < 1.29 is 0 Å². The molecule has 4 heteroatoms. The lowest BCUT2D eigenvalue weighted by Gasteiger charge is -2.12. The van der Waals surface area contributed by atoms with Gasteiger partial charge in [-0.2, -0.15) is 5.10 Å². The van der Waals surface area contributed by atoms with Gasteiger partial charge in [-0.1, -0.05) is 25.5 Å². The third-order valence-corrected chi connectivity index (χ3v) is 3.52. The molecule has 1 aromatic heterocycles. The maximum Gasteiger partial charge on any atom is 0.204 e. The average Bonchev–Trinajstić information content (AvgIpc) is 2.49. The number of hydrogen-bond acceptors (Lipinski definition) is 3. The lowest BCUT2D eigenvalue weighted by Crippen LogP contribution is -2.22. The van der Waals surface area contributed by atoms with Crippen molar-refractivity contribution in [3.63, 3.8) is 0 Å². The summed E-state index contributed by atoms with van der Waals surface area (Å²) in [6.45, 7) is 4.58. The van der Waals surface area contributed by atoms with Gasteiger partial charge >= 0.3 is 0 Å². The van der Waals surface area contributed by atoms with Crippen molar-refractivity contribution in [1.82, 2.24) is 15.1 Å². The predicted molar refractivity (Wildman–Crippen MR) is 85.9 cm³/mol. The molecule has 0 amide bonds. The molecule has 112 valence electrons. The molecule has 0 spiro atoms. The quantitative estimate of drug-likeness (QED) is 0.887. The molecule has 21 heavy (non-hydrogen) atoms. The number of benzene rings is 1. The highest BCUT2D eigenvalue weighted by Crippen LogP contribution is 2.12. The summed E-state index contributed by atoms with van der Waals surface area (Å²) in [5, 5.41) is 7.44. The Balaban J connectivity index is 2.32. The Hall–Kier alpha value is -1.94. The molecule has 0 saturated carbocycles. The molecule has 1 aromatic carbocycles. The third kappa shape index (κ3) is 3.79. The molecule has 1 heterocycles. The summed E-state index contributed by atoms with van der Waals surface area (Å²) < 4.78 is 1.83. The fourth-order valence-corrected chi connectivity index (χ4v) is 2.32. The Labute approximate surface area is 125 Å². The summed E-state index contributed by atoms with van der Waals surface area (Å²) in [6, 6.07) is 10.1. The topological polar surface area (TPSA) is 46.9 Å². The number of nitrogens with one attached hydrogen (secondary N) is 1. The highest BCUT2D eigenvalue weighted by Gasteiger charge is 2.07. The Kier molecular flexibility index (Phi) is 5.28. The van der Waals surface area contributed by atoms with Crippen LogP contribution in [0.25, 0.3) is 5.69 Å². The van der Waals surface area contributed by atoms with Crippen molar-refractivity contribution in [1.29, 1.82) is 0 Å². The standard InChI is InChI=1S/C17H23N3O/c1-4-5-6-14-7-9-15(10-8-14)20-13(2)11-17(21)16(19-20)12-18-3/h7-11,18H,4-6,12H2,1-3H3. The minimum absolute atomic E-state index is 0.0161. The van der Waals surface area contributed by atoms with Crippen LogP contribution >= 0.6 is 0 Å². The van der Waals surface area contributed by atoms with Crippen LogP contribution < -0.4 is 10.7 Å². The van der Waals surface area contributed by atoms with Crippen LogP contribution in [0.4, 0.5) is 0 Å². The van der Waals surface area contributed by atoms with Gasteiger partial charge in [0.15, 0.2) is 0 Å². The van der Waals surface area contributed by atoms with Gasteiger partial charge in [0, 0.05) is 18.3 Å². The molecule has 0 aliphatic carbocycles. The third-order valence-electron chi connectivity index (χ3n) is 3.52. The first kappa shape index (κ1) is 15.4. The van der Waals surface area contributed by atoms with Crippen LogP contribution in [0.15, 0.2) is 35.1 Å². The van der Waals surface area contributed by atoms with Gasteiger partial charge < -0.3 is 5.32 Å². The van der Waals surface area contributed by atoms with E-state index in [0.717, 1.165) is 17.8 Å². The molecule has 0 bridgehead atoms. The fourth-order valence-electron chi connectivity index (χ4n) is 2.32. The number of aryl methyl sites for hydroxylation is 2. The van der Waals surface area contributed by atoms with Gasteiger partial charge in [0.05, 0.1) is 5.69 Å². The lowest BCUT2D eigenvalue weighted by molar-refractivity contribution is 0.703. The van der Waals surface area contributed by atoms with Gasteiger partial charge in [-0.25, -0.2) is 4.68 Å². The number of nitrogens with zero attached hydrogens (tertiary/aromatic N) is 2. The van der Waals surface area contributed by atoms with Gasteiger partial charge in [-0.05, 0) is 44.5 Å². The van der Waals surface area contributed by atoms with Crippen LogP contribution in [0.3, 0.4) is 0 Å². The summed E-state index contributed by atoms with van der Waals surface area (Å²) in [4.78, 5) is 11.9. The second-order valence-electron chi connectivity index (χ2n) is 5.31. The van der Waals surface area contributed by atoms with Gasteiger partial charge in [0.2, 0.25) is 5.43 Å². The highest BCUT2D eigenvalue weighted by atomic mass is 16.1. The average molecular weight is 285 g/mol. The Bertz CT molecular complexity index is 644. The maximum absolute atomic E-state index is 11.9. The van der Waals surface area contributed by atoms with Gasteiger partial charge in [0.25, 0.3) is 0 Å². The Morgan fingerprint density at radius 2 is 1.95 bits per heavy atom. The van der Waals surface area contributed by atoms with E-state index in [4.69, 9.17) is 0 Å². The van der Waals surface area contributed by atoms with Gasteiger partial charge in [-0.15, -0.1) is 0 Å². The molecule has 4 nitrogen and oxygen atoms in total. The van der Waals surface area contributed by atoms with Crippen molar-refractivity contribution in [2.24, 2.45) is 0 Å². The Morgan fingerprint density at radius 1 is 1.24 bits per heavy atom. The van der Waals surface area contributed by atoms with Gasteiger partial charge in [0.1, 0.15) is 5.69 Å². The number of rotatable bonds is 6. The second-order valence-corrected chi connectivity index (χ2v) is 5.31. The maximum atomic E-state index is 11.9. The molecule has 0 saturated heterocycles. The molecule has 2 rings (SSSR count). The van der Waals surface area contributed by atoms with Crippen molar-refractivity contribution in [2.45, 2.75) is 39.7 Å². The summed E-state index contributed by atoms with van der Waals surface area (Å²) >= 11 is 0. The second kappa shape index (κ2) is 7.18. The molecular weight excluding hydrogens is 262 g/mol. The smallest absolute Gasteiger partial charge is 0.204 e. The number of unbranched alkanes of at least 4 members (excludes halogenated alkanes) is 1. The molecular formula is C17H23N3O. The summed E-state index contributed by atoms with van der Waals surface area (Å²) in [5.41, 5.74) is 3.71. The van der Waals surface area contributed by atoms with E-state index in [2.05, 4.69) is 41.6 Å². The van der Waals surface area contributed by atoms with Crippen LogP contribution in [-0.2, 0) is 13.0 Å². The zero-order valence-electron chi connectivity index (χ0n) is 13.0. The lowest BCUT2D eigenvalue weighted by atomic mass is 10.1. The van der Waals surface area contributed by atoms with E-state index < -0.39 is 0 Å². The number of aromatic nitrogens is 2. The molecule has 0 aliphatic heterocycles. The van der Waals surface area contributed by atoms with Crippen LogP contribution in [0.5, 0.6) is 0 Å². The number of hydrogen-bond donors (Lipinski definition) is 1. The van der Waals surface area contributed by atoms with E-state index in [1.165, 1.54) is 18.4 Å².